The van der Waals surface area contributed by atoms with Crippen LogP contribution in [0.25, 0.3) is 0 Å². The molecule has 0 aromatic carbocycles. The van der Waals surface area contributed by atoms with Crippen LogP contribution in [0, 0.1) is 0 Å². The fourth-order valence-electron chi connectivity index (χ4n) is 7.63. The van der Waals surface area contributed by atoms with E-state index in [0.717, 1.165) is 83.5 Å². The lowest BCUT2D eigenvalue weighted by Crippen LogP contribution is -2.55. The van der Waals surface area contributed by atoms with Crippen molar-refractivity contribution in [1.29, 1.82) is 0 Å². The molecule has 0 aliphatic carbocycles. The standard InChI is InChI=1S/C56H99NO7/c1-6-8-10-12-14-16-18-20-22-24-26-27-28-29-31-32-34-36-38-40-42-44-46-54(58)63-51-52(50-62-49-48-53(56(60)61)57(3,4)5)64-55(59)47-45-43-41-39-37-35-33-30-25-23-21-19-17-15-13-11-9-7-2/h8,10,14,16,20,22,26-27,29,31,52-53H,6-7,9,11-13,15,17-19,21,23-25,28,30,32-51H2,1-5H3/b10-8+,16-14+,22-20+,27-26+,31-29+. The third-order valence-corrected chi connectivity index (χ3v) is 11.7. The monoisotopic (exact) mass is 898 g/mol. The second-order valence-corrected chi connectivity index (χ2v) is 18.7. The molecule has 0 aromatic rings. The Balaban J connectivity index is 4.25. The summed E-state index contributed by atoms with van der Waals surface area (Å²) >= 11 is 0. The number of unbranched alkanes of at least 4 members (excludes halogenated alkanes) is 23. The largest absolute Gasteiger partial charge is 0.544 e. The topological polar surface area (TPSA) is 102 Å². The molecule has 8 nitrogen and oxygen atoms in total. The second kappa shape index (κ2) is 46.6. The Bertz CT molecular complexity index is 1230. The van der Waals surface area contributed by atoms with Gasteiger partial charge >= 0.3 is 11.9 Å². The Kier molecular flexibility index (Phi) is 44.4. The molecule has 0 fully saturated rings. The van der Waals surface area contributed by atoms with Gasteiger partial charge < -0.3 is 28.6 Å². The van der Waals surface area contributed by atoms with E-state index in [-0.39, 0.29) is 42.7 Å². The summed E-state index contributed by atoms with van der Waals surface area (Å²) < 4.78 is 17.3. The number of allylic oxidation sites excluding steroid dienone is 10. The number of carbonyl (C=O) groups is 3. The Morgan fingerprint density at radius 1 is 0.484 bits per heavy atom. The van der Waals surface area contributed by atoms with E-state index in [9.17, 15) is 19.5 Å². The van der Waals surface area contributed by atoms with E-state index in [1.54, 1.807) is 21.1 Å². The Morgan fingerprint density at radius 2 is 0.875 bits per heavy atom. The number of carbonyl (C=O) groups excluding carboxylic acids is 3. The van der Waals surface area contributed by atoms with Crippen molar-refractivity contribution < 1.29 is 38.2 Å². The van der Waals surface area contributed by atoms with Crippen LogP contribution >= 0.6 is 0 Å². The number of carboxylic acid groups (broad SMARTS) is 1. The zero-order chi connectivity index (χ0) is 47.0. The lowest BCUT2D eigenvalue weighted by Gasteiger charge is -2.34. The highest BCUT2D eigenvalue weighted by molar-refractivity contribution is 5.70. The van der Waals surface area contributed by atoms with Gasteiger partial charge in [-0.3, -0.25) is 9.59 Å². The van der Waals surface area contributed by atoms with E-state index < -0.39 is 18.1 Å². The van der Waals surface area contributed by atoms with E-state index in [1.165, 1.54) is 109 Å². The van der Waals surface area contributed by atoms with Gasteiger partial charge in [-0.25, -0.2) is 0 Å². The summed E-state index contributed by atoms with van der Waals surface area (Å²) in [5, 5.41) is 11.7. The molecule has 0 N–H and O–H groups in total. The summed E-state index contributed by atoms with van der Waals surface area (Å²) in [6.45, 7) is 4.56. The molecule has 0 bridgehead atoms. The molecule has 0 radical (unpaired) electrons. The van der Waals surface area contributed by atoms with Crippen LogP contribution in [0.1, 0.15) is 226 Å². The SMILES string of the molecule is CC/C=C/C/C=C/C/C=C/C/C=C/C/C=C/CCCCCCCCC(=O)OCC(COCCC(C(=O)[O-])[N+](C)(C)C)OC(=O)CCCCCCCCCCCCCCCCCCCC. The van der Waals surface area contributed by atoms with Crippen molar-refractivity contribution in [3.63, 3.8) is 0 Å². The Morgan fingerprint density at radius 3 is 1.30 bits per heavy atom. The van der Waals surface area contributed by atoms with Crippen LogP contribution in [-0.2, 0) is 28.6 Å². The maximum atomic E-state index is 12.8. The van der Waals surface area contributed by atoms with Gasteiger partial charge in [0.15, 0.2) is 6.10 Å². The first-order chi connectivity index (χ1) is 31.1. The molecular formula is C56H99NO7. The second-order valence-electron chi connectivity index (χ2n) is 18.7. The van der Waals surface area contributed by atoms with Gasteiger partial charge in [0.2, 0.25) is 0 Å². The maximum absolute atomic E-state index is 12.8. The molecule has 0 spiro atoms. The molecular weight excluding hydrogens is 799 g/mol. The molecule has 0 aliphatic heterocycles. The van der Waals surface area contributed by atoms with Crippen LogP contribution in [0.2, 0.25) is 0 Å². The smallest absolute Gasteiger partial charge is 0.306 e. The molecule has 370 valence electrons. The number of nitrogens with zero attached hydrogens (tertiary/aromatic N) is 1. The number of esters is 2. The first kappa shape index (κ1) is 61.0. The summed E-state index contributed by atoms with van der Waals surface area (Å²) in [6.07, 6.45) is 58.2. The predicted molar refractivity (Wildman–Crippen MR) is 268 cm³/mol. The minimum Gasteiger partial charge on any atom is -0.544 e. The molecule has 0 saturated carbocycles. The summed E-state index contributed by atoms with van der Waals surface area (Å²) in [7, 11) is 5.41. The quantitative estimate of drug-likeness (QED) is 0.0259. The van der Waals surface area contributed by atoms with Crippen LogP contribution in [0.5, 0.6) is 0 Å². The summed E-state index contributed by atoms with van der Waals surface area (Å²) in [6, 6.07) is -0.729. The van der Waals surface area contributed by atoms with Gasteiger partial charge in [0.05, 0.1) is 40.3 Å². The van der Waals surface area contributed by atoms with Gasteiger partial charge in [0.1, 0.15) is 12.6 Å². The van der Waals surface area contributed by atoms with Crippen LogP contribution in [0.4, 0.5) is 0 Å². The number of ether oxygens (including phenoxy) is 3. The fraction of sp³-hybridized carbons (Fsp3) is 0.768. The van der Waals surface area contributed by atoms with E-state index in [4.69, 9.17) is 14.2 Å². The number of hydrogen-bond donors (Lipinski definition) is 0. The highest BCUT2D eigenvalue weighted by atomic mass is 16.6. The van der Waals surface area contributed by atoms with Gasteiger partial charge in [0.25, 0.3) is 0 Å². The van der Waals surface area contributed by atoms with Crippen molar-refractivity contribution >= 4 is 17.9 Å². The van der Waals surface area contributed by atoms with Gasteiger partial charge in [-0.05, 0) is 57.8 Å². The van der Waals surface area contributed by atoms with E-state index in [2.05, 4.69) is 74.6 Å². The molecule has 8 heteroatoms. The van der Waals surface area contributed by atoms with Crippen LogP contribution < -0.4 is 5.11 Å². The van der Waals surface area contributed by atoms with E-state index in [0.29, 0.717) is 12.8 Å². The lowest BCUT2D eigenvalue weighted by molar-refractivity contribution is -0.889. The van der Waals surface area contributed by atoms with Gasteiger partial charge in [0, 0.05) is 19.3 Å². The molecule has 2 unspecified atom stereocenters. The minimum atomic E-state index is -1.13. The van der Waals surface area contributed by atoms with E-state index in [1.807, 2.05) is 0 Å². The van der Waals surface area contributed by atoms with Gasteiger partial charge in [-0.2, -0.15) is 0 Å². The predicted octanol–water partition coefficient (Wildman–Crippen LogP) is 14.0. The number of aliphatic carboxylic acids is 1. The summed E-state index contributed by atoms with van der Waals surface area (Å²) in [5.41, 5.74) is 0. The Labute approximate surface area is 394 Å². The first-order valence-corrected chi connectivity index (χ1v) is 26.3. The lowest BCUT2D eigenvalue weighted by atomic mass is 10.0. The number of rotatable bonds is 47. The zero-order valence-electron chi connectivity index (χ0n) is 42.2. The summed E-state index contributed by atoms with van der Waals surface area (Å²) in [4.78, 5) is 37.1. The molecule has 0 heterocycles. The first-order valence-electron chi connectivity index (χ1n) is 26.3. The van der Waals surface area contributed by atoms with Crippen molar-refractivity contribution in [1.82, 2.24) is 0 Å². The minimum absolute atomic E-state index is 0.0364. The number of carboxylic acids is 1. The average Bonchev–Trinajstić information content (AvgIpc) is 3.26. The number of likely N-dealkylation sites (N-methyl/N-ethyl adjacent to an activating group) is 1. The van der Waals surface area contributed by atoms with Crippen LogP contribution in [0.3, 0.4) is 0 Å². The average molecular weight is 898 g/mol. The molecule has 0 amide bonds. The third-order valence-electron chi connectivity index (χ3n) is 11.7. The molecule has 2 atom stereocenters. The highest BCUT2D eigenvalue weighted by Gasteiger charge is 2.25. The van der Waals surface area contributed by atoms with Gasteiger partial charge in [-0.1, -0.05) is 209 Å². The molecule has 64 heavy (non-hydrogen) atoms. The number of hydrogen-bond acceptors (Lipinski definition) is 7. The zero-order valence-corrected chi connectivity index (χ0v) is 42.2. The van der Waals surface area contributed by atoms with Crippen molar-refractivity contribution in [2.75, 3.05) is 41.0 Å². The van der Waals surface area contributed by atoms with Crippen molar-refractivity contribution in [3.8, 4) is 0 Å². The normalized spacial score (nSPS) is 13.3. The Hall–Kier alpha value is -2.97. The highest BCUT2D eigenvalue weighted by Crippen LogP contribution is 2.16. The molecule has 0 saturated heterocycles. The van der Waals surface area contributed by atoms with Crippen LogP contribution in [-0.4, -0.2) is 75.5 Å². The summed E-state index contributed by atoms with van der Waals surface area (Å²) in [5.74, 6) is -1.75. The van der Waals surface area contributed by atoms with Crippen molar-refractivity contribution in [3.05, 3.63) is 60.8 Å². The third kappa shape index (κ3) is 44.2. The molecule has 0 aliphatic rings. The van der Waals surface area contributed by atoms with Crippen molar-refractivity contribution in [2.24, 2.45) is 0 Å². The molecule has 0 aromatic heterocycles. The van der Waals surface area contributed by atoms with Crippen LogP contribution in [0.15, 0.2) is 60.8 Å². The fourth-order valence-corrected chi connectivity index (χ4v) is 7.63. The van der Waals surface area contributed by atoms with Gasteiger partial charge in [-0.15, -0.1) is 0 Å². The van der Waals surface area contributed by atoms with E-state index >= 15 is 0 Å². The number of quaternary nitrogens is 1. The maximum Gasteiger partial charge on any atom is 0.306 e. The van der Waals surface area contributed by atoms with Crippen molar-refractivity contribution in [2.45, 2.75) is 238 Å². The molecule has 0 rings (SSSR count).